The third-order valence-electron chi connectivity index (χ3n) is 9.24. The van der Waals surface area contributed by atoms with Gasteiger partial charge in [0.1, 0.15) is 23.3 Å². The van der Waals surface area contributed by atoms with Gasteiger partial charge >= 0.3 is 0 Å². The van der Waals surface area contributed by atoms with E-state index in [0.717, 1.165) is 66.7 Å². The standard InChI is InChI=1S/C46H32N6O2/c1-3-53-45-37(27-47)41(33-11-7-5-8-12-33)35-23-25-39(49-43(35)51-45)31-19-15-29(16-20-31)30-17-21-32(22-18-30)40-26-24-36-42(34-13-9-6-10-14-34)38(28-48)46(54-4-2)52-44(36)50-40/h5-26H,3-4H2,1-2H3. The van der Waals surface area contributed by atoms with Gasteiger partial charge in [0.15, 0.2) is 11.3 Å². The first-order valence-electron chi connectivity index (χ1n) is 17.7. The van der Waals surface area contributed by atoms with Gasteiger partial charge in [-0.3, -0.25) is 0 Å². The average Bonchev–Trinajstić information content (AvgIpc) is 3.23. The second kappa shape index (κ2) is 14.7. The van der Waals surface area contributed by atoms with Gasteiger partial charge in [-0.15, -0.1) is 0 Å². The summed E-state index contributed by atoms with van der Waals surface area (Å²) in [5, 5.41) is 21.8. The lowest BCUT2D eigenvalue weighted by Gasteiger charge is -2.14. The summed E-state index contributed by atoms with van der Waals surface area (Å²) in [6.07, 6.45) is 0. The van der Waals surface area contributed by atoms with Gasteiger partial charge in [0.05, 0.1) is 24.6 Å². The van der Waals surface area contributed by atoms with Crippen LogP contribution in [0.3, 0.4) is 0 Å². The summed E-state index contributed by atoms with van der Waals surface area (Å²) < 4.78 is 11.6. The molecule has 0 spiro atoms. The van der Waals surface area contributed by atoms with Crippen LogP contribution in [-0.4, -0.2) is 33.1 Å². The van der Waals surface area contributed by atoms with Gasteiger partial charge in [-0.1, -0.05) is 109 Å². The van der Waals surface area contributed by atoms with Crippen LogP contribution in [0.1, 0.15) is 25.0 Å². The molecule has 54 heavy (non-hydrogen) atoms. The first-order valence-corrected chi connectivity index (χ1v) is 17.7. The van der Waals surface area contributed by atoms with Gasteiger partial charge in [0, 0.05) is 33.0 Å². The van der Waals surface area contributed by atoms with Crippen LogP contribution >= 0.6 is 0 Å². The Labute approximate surface area is 312 Å². The van der Waals surface area contributed by atoms with Crippen molar-refractivity contribution in [1.82, 2.24) is 19.9 Å². The van der Waals surface area contributed by atoms with Gasteiger partial charge in [0.25, 0.3) is 0 Å². The van der Waals surface area contributed by atoms with E-state index in [4.69, 9.17) is 19.4 Å². The van der Waals surface area contributed by atoms with Crippen molar-refractivity contribution in [3.8, 4) is 79.8 Å². The van der Waals surface area contributed by atoms with Crippen LogP contribution in [0.25, 0.3) is 78.0 Å². The smallest absolute Gasteiger partial charge is 0.234 e. The molecule has 0 aliphatic carbocycles. The van der Waals surface area contributed by atoms with Gasteiger partial charge in [0.2, 0.25) is 11.8 Å². The maximum atomic E-state index is 10.1. The van der Waals surface area contributed by atoms with E-state index in [-0.39, 0.29) is 11.8 Å². The molecule has 4 heterocycles. The maximum absolute atomic E-state index is 10.1. The summed E-state index contributed by atoms with van der Waals surface area (Å²) in [7, 11) is 0. The Bertz CT molecular complexity index is 2550. The van der Waals surface area contributed by atoms with Crippen LogP contribution < -0.4 is 9.47 Å². The molecule has 0 bridgehead atoms. The lowest BCUT2D eigenvalue weighted by atomic mass is 9.96. The van der Waals surface area contributed by atoms with Crippen LogP contribution in [0, 0.1) is 22.7 Å². The highest BCUT2D eigenvalue weighted by atomic mass is 16.5. The normalized spacial score (nSPS) is 10.9. The number of rotatable bonds is 9. The van der Waals surface area contributed by atoms with Crippen molar-refractivity contribution in [1.29, 1.82) is 10.5 Å². The van der Waals surface area contributed by atoms with Crippen molar-refractivity contribution >= 4 is 22.1 Å². The number of aromatic nitrogens is 4. The highest BCUT2D eigenvalue weighted by molar-refractivity contribution is 5.99. The molecule has 8 heteroatoms. The molecular formula is C46H32N6O2. The van der Waals surface area contributed by atoms with Crippen LogP contribution in [0.5, 0.6) is 11.8 Å². The minimum absolute atomic E-state index is 0.283. The number of ether oxygens (including phenoxy) is 2. The van der Waals surface area contributed by atoms with E-state index in [1.807, 2.05) is 98.8 Å². The zero-order valence-electron chi connectivity index (χ0n) is 29.6. The summed E-state index contributed by atoms with van der Waals surface area (Å²) >= 11 is 0. The molecule has 0 radical (unpaired) electrons. The van der Waals surface area contributed by atoms with Crippen molar-refractivity contribution in [2.75, 3.05) is 13.2 Å². The molecule has 8 aromatic rings. The Balaban J connectivity index is 1.10. The predicted octanol–water partition coefficient (Wildman–Crippen LogP) is 10.4. The Morgan fingerprint density at radius 2 is 0.796 bits per heavy atom. The molecule has 8 rings (SSSR count). The summed E-state index contributed by atoms with van der Waals surface area (Å²) in [5.74, 6) is 0.565. The highest BCUT2D eigenvalue weighted by Crippen LogP contribution is 2.38. The van der Waals surface area contributed by atoms with Gasteiger partial charge in [-0.25, -0.2) is 9.97 Å². The fraction of sp³-hybridized carbons (Fsp3) is 0.0870. The van der Waals surface area contributed by atoms with Crippen LogP contribution in [0.15, 0.2) is 133 Å². The van der Waals surface area contributed by atoms with Crippen LogP contribution in [0.4, 0.5) is 0 Å². The summed E-state index contributed by atoms with van der Waals surface area (Å²) in [5.41, 5.74) is 10.7. The molecule has 8 nitrogen and oxygen atoms in total. The van der Waals surface area contributed by atoms with Crippen LogP contribution in [0.2, 0.25) is 0 Å². The molecule has 0 fully saturated rings. The average molecular weight is 701 g/mol. The molecule has 0 aliphatic heterocycles. The van der Waals surface area contributed by atoms with Crippen molar-refractivity contribution in [2.45, 2.75) is 13.8 Å². The van der Waals surface area contributed by atoms with Crippen LogP contribution in [-0.2, 0) is 0 Å². The molecule has 0 unspecified atom stereocenters. The van der Waals surface area contributed by atoms with E-state index in [0.29, 0.717) is 35.6 Å². The Morgan fingerprint density at radius 1 is 0.426 bits per heavy atom. The molecule has 0 aliphatic rings. The Kier molecular flexibility index (Phi) is 9.16. The lowest BCUT2D eigenvalue weighted by Crippen LogP contribution is -2.02. The Morgan fingerprint density at radius 3 is 1.15 bits per heavy atom. The minimum Gasteiger partial charge on any atom is -0.477 e. The first-order chi connectivity index (χ1) is 26.6. The molecule has 0 N–H and O–H groups in total. The fourth-order valence-electron chi connectivity index (χ4n) is 6.73. The molecule has 0 saturated heterocycles. The van der Waals surface area contributed by atoms with Crippen molar-refractivity contribution in [3.63, 3.8) is 0 Å². The maximum Gasteiger partial charge on any atom is 0.234 e. The molecule has 4 aromatic heterocycles. The number of nitriles is 2. The summed E-state index contributed by atoms with van der Waals surface area (Å²) in [6, 6.07) is 48.6. The summed E-state index contributed by atoms with van der Waals surface area (Å²) in [6.45, 7) is 4.51. The molecule has 4 aromatic carbocycles. The number of pyridine rings is 4. The zero-order valence-corrected chi connectivity index (χ0v) is 29.6. The Hall–Kier alpha value is -7.42. The lowest BCUT2D eigenvalue weighted by molar-refractivity contribution is 0.327. The predicted molar refractivity (Wildman–Crippen MR) is 212 cm³/mol. The van der Waals surface area contributed by atoms with Gasteiger partial charge < -0.3 is 9.47 Å². The zero-order chi connectivity index (χ0) is 37.0. The highest BCUT2D eigenvalue weighted by Gasteiger charge is 2.21. The van der Waals surface area contributed by atoms with Crippen molar-refractivity contribution in [3.05, 3.63) is 145 Å². The quantitative estimate of drug-likeness (QED) is 0.146. The third-order valence-corrected chi connectivity index (χ3v) is 9.24. The largest absolute Gasteiger partial charge is 0.477 e. The van der Waals surface area contributed by atoms with E-state index in [2.05, 4.69) is 70.6 Å². The number of hydrogen-bond acceptors (Lipinski definition) is 8. The van der Waals surface area contributed by atoms with E-state index < -0.39 is 0 Å². The second-order valence-corrected chi connectivity index (χ2v) is 12.4. The summed E-state index contributed by atoms with van der Waals surface area (Å²) in [4.78, 5) is 19.2. The van der Waals surface area contributed by atoms with Crippen molar-refractivity contribution in [2.24, 2.45) is 0 Å². The first kappa shape index (κ1) is 33.7. The van der Waals surface area contributed by atoms with E-state index in [1.165, 1.54) is 0 Å². The van der Waals surface area contributed by atoms with Gasteiger partial charge in [-0.05, 0) is 60.4 Å². The monoisotopic (exact) mass is 700 g/mol. The molecule has 0 atom stereocenters. The SMILES string of the molecule is CCOc1nc2nc(-c3ccc(-c4ccc(-c5ccc6c(-c7ccccc7)c(C#N)c(OCC)nc6n5)cc4)cc3)ccc2c(-c2ccccc2)c1C#N. The van der Waals surface area contributed by atoms with Gasteiger partial charge in [-0.2, -0.15) is 20.5 Å². The number of nitrogens with zero attached hydrogens (tertiary/aromatic N) is 6. The minimum atomic E-state index is 0.283. The molecule has 258 valence electrons. The molecule has 0 saturated carbocycles. The second-order valence-electron chi connectivity index (χ2n) is 12.4. The topological polar surface area (TPSA) is 118 Å². The van der Waals surface area contributed by atoms with E-state index in [9.17, 15) is 10.5 Å². The number of benzene rings is 4. The van der Waals surface area contributed by atoms with E-state index >= 15 is 0 Å². The third kappa shape index (κ3) is 6.23. The van der Waals surface area contributed by atoms with Crippen molar-refractivity contribution < 1.29 is 9.47 Å². The number of fused-ring (bicyclic) bond motifs is 2. The van der Waals surface area contributed by atoms with E-state index in [1.54, 1.807) is 0 Å². The molecular weight excluding hydrogens is 669 g/mol. The molecule has 0 amide bonds. The fourth-order valence-corrected chi connectivity index (χ4v) is 6.73. The number of hydrogen-bond donors (Lipinski definition) is 0.